The van der Waals surface area contributed by atoms with Gasteiger partial charge in [0.2, 0.25) is 5.91 Å². The normalized spacial score (nSPS) is 21.8. The van der Waals surface area contributed by atoms with E-state index in [9.17, 15) is 4.79 Å². The SMILES string of the molecule is CC1CCN(C(=O)C(C)N2CCN(c3ccc(Br)cn3)CC2)CC1. The minimum atomic E-state index is -0.0153. The molecule has 6 heteroatoms. The van der Waals surface area contributed by atoms with Crippen molar-refractivity contribution in [3.63, 3.8) is 0 Å². The predicted molar refractivity (Wildman–Crippen MR) is 100 cm³/mol. The zero-order valence-corrected chi connectivity index (χ0v) is 16.2. The van der Waals surface area contributed by atoms with Gasteiger partial charge in [0, 0.05) is 49.9 Å². The Morgan fingerprint density at radius 1 is 1.17 bits per heavy atom. The van der Waals surface area contributed by atoms with E-state index in [4.69, 9.17) is 0 Å². The van der Waals surface area contributed by atoms with Crippen molar-refractivity contribution in [2.75, 3.05) is 44.2 Å². The maximum absolute atomic E-state index is 12.7. The number of likely N-dealkylation sites (tertiary alicyclic amines) is 1. The maximum atomic E-state index is 12.7. The molecule has 1 amide bonds. The number of anilines is 1. The van der Waals surface area contributed by atoms with Crippen LogP contribution in [0, 0.1) is 5.92 Å². The number of rotatable bonds is 3. The average Bonchev–Trinajstić information content (AvgIpc) is 2.62. The Morgan fingerprint density at radius 2 is 1.83 bits per heavy atom. The number of aromatic nitrogens is 1. The van der Waals surface area contributed by atoms with E-state index in [-0.39, 0.29) is 6.04 Å². The van der Waals surface area contributed by atoms with Crippen LogP contribution in [0.15, 0.2) is 22.8 Å². The van der Waals surface area contributed by atoms with Gasteiger partial charge in [-0.15, -0.1) is 0 Å². The minimum absolute atomic E-state index is 0.0153. The van der Waals surface area contributed by atoms with E-state index in [2.05, 4.69) is 49.5 Å². The second kappa shape index (κ2) is 7.83. The summed E-state index contributed by atoms with van der Waals surface area (Å²) in [4.78, 5) is 23.9. The lowest BCUT2D eigenvalue weighted by Gasteiger charge is -2.40. The van der Waals surface area contributed by atoms with Crippen molar-refractivity contribution in [3.8, 4) is 0 Å². The van der Waals surface area contributed by atoms with E-state index in [0.29, 0.717) is 5.91 Å². The molecule has 1 aromatic heterocycles. The number of hydrogen-bond donors (Lipinski definition) is 0. The summed E-state index contributed by atoms with van der Waals surface area (Å²) in [5.74, 6) is 2.07. The van der Waals surface area contributed by atoms with Crippen molar-refractivity contribution in [2.45, 2.75) is 32.7 Å². The molecule has 2 saturated heterocycles. The monoisotopic (exact) mass is 394 g/mol. The van der Waals surface area contributed by atoms with Crippen molar-refractivity contribution in [1.82, 2.24) is 14.8 Å². The molecule has 0 aromatic carbocycles. The Bertz CT molecular complexity index is 549. The fourth-order valence-corrected chi connectivity index (χ4v) is 3.78. The topological polar surface area (TPSA) is 39.7 Å². The number of nitrogens with zero attached hydrogens (tertiary/aromatic N) is 4. The Morgan fingerprint density at radius 3 is 2.42 bits per heavy atom. The van der Waals surface area contributed by atoms with Gasteiger partial charge in [0.15, 0.2) is 0 Å². The molecular weight excluding hydrogens is 368 g/mol. The number of carbonyl (C=O) groups is 1. The number of pyridine rings is 1. The van der Waals surface area contributed by atoms with Gasteiger partial charge in [0.25, 0.3) is 0 Å². The Kier molecular flexibility index (Phi) is 5.76. The summed E-state index contributed by atoms with van der Waals surface area (Å²) in [7, 11) is 0. The third-order valence-electron chi connectivity index (χ3n) is 5.35. The van der Waals surface area contributed by atoms with Gasteiger partial charge >= 0.3 is 0 Å². The van der Waals surface area contributed by atoms with Crippen molar-refractivity contribution >= 4 is 27.7 Å². The Balaban J connectivity index is 1.52. The molecular formula is C18H27BrN4O. The summed E-state index contributed by atoms with van der Waals surface area (Å²) in [6, 6.07) is 4.06. The van der Waals surface area contributed by atoms with Crippen LogP contribution in [0.2, 0.25) is 0 Å². The molecule has 0 spiro atoms. The number of amides is 1. The number of halogens is 1. The third-order valence-corrected chi connectivity index (χ3v) is 5.82. The Labute approximate surface area is 153 Å². The number of hydrogen-bond acceptors (Lipinski definition) is 4. The highest BCUT2D eigenvalue weighted by Crippen LogP contribution is 2.20. The smallest absolute Gasteiger partial charge is 0.239 e. The van der Waals surface area contributed by atoms with Crippen LogP contribution in [0.4, 0.5) is 5.82 Å². The molecule has 0 N–H and O–H groups in total. The van der Waals surface area contributed by atoms with Gasteiger partial charge in [-0.25, -0.2) is 4.98 Å². The molecule has 0 bridgehead atoms. The fraction of sp³-hybridized carbons (Fsp3) is 0.667. The largest absolute Gasteiger partial charge is 0.354 e. The van der Waals surface area contributed by atoms with Crippen LogP contribution in [-0.4, -0.2) is 66.0 Å². The highest BCUT2D eigenvalue weighted by molar-refractivity contribution is 9.10. The fourth-order valence-electron chi connectivity index (χ4n) is 3.54. The maximum Gasteiger partial charge on any atom is 0.239 e. The quantitative estimate of drug-likeness (QED) is 0.789. The predicted octanol–water partition coefficient (Wildman–Crippen LogP) is 2.61. The molecule has 0 aliphatic carbocycles. The van der Waals surface area contributed by atoms with Crippen LogP contribution in [0.3, 0.4) is 0 Å². The number of piperidine rings is 1. The second-order valence-electron chi connectivity index (χ2n) is 7.04. The van der Waals surface area contributed by atoms with Crippen LogP contribution >= 0.6 is 15.9 Å². The summed E-state index contributed by atoms with van der Waals surface area (Å²) in [5.41, 5.74) is 0. The van der Waals surface area contributed by atoms with E-state index in [1.54, 1.807) is 0 Å². The van der Waals surface area contributed by atoms with Gasteiger partial charge in [0.05, 0.1) is 6.04 Å². The molecule has 1 atom stereocenters. The van der Waals surface area contributed by atoms with Crippen molar-refractivity contribution < 1.29 is 4.79 Å². The molecule has 1 aromatic rings. The summed E-state index contributed by atoms with van der Waals surface area (Å²) in [6.45, 7) is 9.85. The first-order valence-corrected chi connectivity index (χ1v) is 9.73. The summed E-state index contributed by atoms with van der Waals surface area (Å²) in [6.07, 6.45) is 4.12. The zero-order valence-electron chi connectivity index (χ0n) is 14.6. The zero-order chi connectivity index (χ0) is 17.1. The van der Waals surface area contributed by atoms with Crippen molar-refractivity contribution in [1.29, 1.82) is 0 Å². The first kappa shape index (κ1) is 17.7. The molecule has 24 heavy (non-hydrogen) atoms. The first-order valence-electron chi connectivity index (χ1n) is 8.94. The number of carbonyl (C=O) groups excluding carboxylic acids is 1. The van der Waals surface area contributed by atoms with Gasteiger partial charge in [0.1, 0.15) is 5.82 Å². The van der Waals surface area contributed by atoms with Crippen LogP contribution < -0.4 is 4.90 Å². The molecule has 2 fully saturated rings. The summed E-state index contributed by atoms with van der Waals surface area (Å²) >= 11 is 3.42. The lowest BCUT2D eigenvalue weighted by molar-refractivity contribution is -0.137. The van der Waals surface area contributed by atoms with E-state index >= 15 is 0 Å². The lowest BCUT2D eigenvalue weighted by atomic mass is 9.98. The molecule has 3 heterocycles. The molecule has 0 radical (unpaired) electrons. The van der Waals surface area contributed by atoms with Crippen molar-refractivity contribution in [3.05, 3.63) is 22.8 Å². The number of piperazine rings is 1. The minimum Gasteiger partial charge on any atom is -0.354 e. The van der Waals surface area contributed by atoms with E-state index in [0.717, 1.165) is 68.3 Å². The average molecular weight is 395 g/mol. The summed E-state index contributed by atoms with van der Waals surface area (Å²) in [5, 5.41) is 0. The van der Waals surface area contributed by atoms with Crippen molar-refractivity contribution in [2.24, 2.45) is 5.92 Å². The van der Waals surface area contributed by atoms with Gasteiger partial charge < -0.3 is 9.80 Å². The molecule has 0 saturated carbocycles. The first-order chi connectivity index (χ1) is 11.5. The second-order valence-corrected chi connectivity index (χ2v) is 7.96. The lowest BCUT2D eigenvalue weighted by Crippen LogP contribution is -2.55. The van der Waals surface area contributed by atoms with Gasteiger partial charge in [-0.05, 0) is 53.7 Å². The van der Waals surface area contributed by atoms with E-state index < -0.39 is 0 Å². The van der Waals surface area contributed by atoms with Crippen LogP contribution in [0.25, 0.3) is 0 Å². The van der Waals surface area contributed by atoms with E-state index in [1.807, 2.05) is 18.3 Å². The third kappa shape index (κ3) is 4.09. The molecule has 1 unspecified atom stereocenters. The highest BCUT2D eigenvalue weighted by Gasteiger charge is 2.30. The molecule has 132 valence electrons. The van der Waals surface area contributed by atoms with Crippen LogP contribution in [0.1, 0.15) is 26.7 Å². The van der Waals surface area contributed by atoms with Crippen LogP contribution in [-0.2, 0) is 4.79 Å². The molecule has 3 rings (SSSR count). The van der Waals surface area contributed by atoms with Gasteiger partial charge in [-0.1, -0.05) is 6.92 Å². The standard InChI is InChI=1S/C18H27BrN4O/c1-14-5-7-23(8-6-14)18(24)15(2)21-9-11-22(12-10-21)17-4-3-16(19)13-20-17/h3-4,13-15H,5-12H2,1-2H3. The Hall–Kier alpha value is -1.14. The highest BCUT2D eigenvalue weighted by atomic mass is 79.9. The van der Waals surface area contributed by atoms with Gasteiger partial charge in [-0.3, -0.25) is 9.69 Å². The van der Waals surface area contributed by atoms with E-state index in [1.165, 1.54) is 0 Å². The molecule has 2 aliphatic heterocycles. The van der Waals surface area contributed by atoms with Crippen LogP contribution in [0.5, 0.6) is 0 Å². The molecule has 2 aliphatic rings. The molecule has 5 nitrogen and oxygen atoms in total. The van der Waals surface area contributed by atoms with Gasteiger partial charge in [-0.2, -0.15) is 0 Å². The summed E-state index contributed by atoms with van der Waals surface area (Å²) < 4.78 is 1.000.